The van der Waals surface area contributed by atoms with Crippen LogP contribution in [0.1, 0.15) is 10.5 Å². The zero-order valence-corrected chi connectivity index (χ0v) is 9.05. The number of carbonyl (C=O) groups is 1. The van der Waals surface area contributed by atoms with Crippen molar-refractivity contribution in [2.75, 3.05) is 0 Å². The molecule has 1 N–H and O–H groups in total. The summed E-state index contributed by atoms with van der Waals surface area (Å²) >= 11 is 3.04. The van der Waals surface area contributed by atoms with Crippen molar-refractivity contribution in [2.45, 2.75) is 0 Å². The van der Waals surface area contributed by atoms with E-state index in [9.17, 15) is 4.79 Å². The molecule has 0 aliphatic carbocycles. The number of para-hydroxylation sites is 1. The number of benzene rings is 1. The average molecular weight is 268 g/mol. The molecule has 1 heterocycles. The topological polar surface area (TPSA) is 68.0 Å². The number of aromatic nitrogens is 3. The molecule has 76 valence electrons. The fraction of sp³-hybridized carbons (Fsp3) is 0. The Hall–Kier alpha value is -1.69. The summed E-state index contributed by atoms with van der Waals surface area (Å²) in [6.45, 7) is 0. The van der Waals surface area contributed by atoms with Crippen molar-refractivity contribution in [1.82, 2.24) is 15.0 Å². The molecule has 2 rings (SSSR count). The van der Waals surface area contributed by atoms with E-state index in [1.165, 1.54) is 4.80 Å². The molecule has 0 bridgehead atoms. The fourth-order valence-electron chi connectivity index (χ4n) is 1.10. The summed E-state index contributed by atoms with van der Waals surface area (Å²) in [6, 6.07) is 9.09. The van der Waals surface area contributed by atoms with Gasteiger partial charge in [-0.15, -0.1) is 15.0 Å². The zero-order valence-electron chi connectivity index (χ0n) is 7.46. The lowest BCUT2D eigenvalue weighted by molar-refractivity contribution is 0.0689. The highest BCUT2D eigenvalue weighted by Crippen LogP contribution is 2.13. The molecular weight excluding hydrogens is 262 g/mol. The minimum Gasteiger partial charge on any atom is -0.476 e. The number of rotatable bonds is 2. The molecule has 0 amide bonds. The third-order valence-electron chi connectivity index (χ3n) is 1.76. The van der Waals surface area contributed by atoms with Gasteiger partial charge < -0.3 is 5.11 Å². The van der Waals surface area contributed by atoms with Gasteiger partial charge in [-0.05, 0) is 28.1 Å². The van der Waals surface area contributed by atoms with Gasteiger partial charge in [0, 0.05) is 0 Å². The first-order valence-electron chi connectivity index (χ1n) is 4.10. The van der Waals surface area contributed by atoms with Crippen LogP contribution in [0.3, 0.4) is 0 Å². The van der Waals surface area contributed by atoms with Crippen LogP contribution in [0.5, 0.6) is 0 Å². The van der Waals surface area contributed by atoms with Crippen molar-refractivity contribution < 1.29 is 9.90 Å². The molecule has 0 aliphatic rings. The molecule has 2 aromatic rings. The Labute approximate surface area is 93.5 Å². The van der Waals surface area contributed by atoms with E-state index in [1.807, 2.05) is 18.2 Å². The van der Waals surface area contributed by atoms with E-state index in [4.69, 9.17) is 5.11 Å². The molecule has 0 saturated carbocycles. The SMILES string of the molecule is O=C(O)c1nn(-c2ccccc2)nc1Br. The Morgan fingerprint density at radius 1 is 1.27 bits per heavy atom. The van der Waals surface area contributed by atoms with Crippen LogP contribution in [0.4, 0.5) is 0 Å². The number of hydrogen-bond acceptors (Lipinski definition) is 3. The molecule has 0 saturated heterocycles. The molecule has 0 unspecified atom stereocenters. The lowest BCUT2D eigenvalue weighted by Gasteiger charge is -1.96. The molecule has 0 radical (unpaired) electrons. The number of nitrogens with zero attached hydrogens (tertiary/aromatic N) is 3. The van der Waals surface area contributed by atoms with Crippen LogP contribution in [0.15, 0.2) is 34.9 Å². The minimum absolute atomic E-state index is 0.0983. The third kappa shape index (κ3) is 1.89. The van der Waals surface area contributed by atoms with Crippen LogP contribution < -0.4 is 0 Å². The number of hydrogen-bond donors (Lipinski definition) is 1. The van der Waals surface area contributed by atoms with Crippen LogP contribution in [0.2, 0.25) is 0 Å². The summed E-state index contributed by atoms with van der Waals surface area (Å²) < 4.78 is 0.221. The van der Waals surface area contributed by atoms with Crippen molar-refractivity contribution in [3.05, 3.63) is 40.6 Å². The number of halogens is 1. The molecule has 5 nitrogen and oxygen atoms in total. The van der Waals surface area contributed by atoms with Crippen LogP contribution >= 0.6 is 15.9 Å². The maximum absolute atomic E-state index is 10.7. The van der Waals surface area contributed by atoms with Crippen molar-refractivity contribution in [1.29, 1.82) is 0 Å². The van der Waals surface area contributed by atoms with E-state index in [1.54, 1.807) is 12.1 Å². The summed E-state index contributed by atoms with van der Waals surface area (Å²) in [5.74, 6) is -1.11. The number of aromatic carboxylic acids is 1. The predicted octanol–water partition coefficient (Wildman–Crippen LogP) is 1.73. The van der Waals surface area contributed by atoms with Crippen LogP contribution in [0, 0.1) is 0 Å². The Morgan fingerprint density at radius 3 is 2.47 bits per heavy atom. The van der Waals surface area contributed by atoms with Crippen molar-refractivity contribution in [3.63, 3.8) is 0 Å². The third-order valence-corrected chi connectivity index (χ3v) is 2.30. The summed E-state index contributed by atoms with van der Waals surface area (Å²) in [5, 5.41) is 16.6. The van der Waals surface area contributed by atoms with E-state index in [2.05, 4.69) is 26.1 Å². The van der Waals surface area contributed by atoms with E-state index in [0.29, 0.717) is 5.69 Å². The van der Waals surface area contributed by atoms with Crippen LogP contribution in [0.25, 0.3) is 5.69 Å². The van der Waals surface area contributed by atoms with Gasteiger partial charge in [0.15, 0.2) is 4.60 Å². The van der Waals surface area contributed by atoms with Gasteiger partial charge in [-0.1, -0.05) is 18.2 Å². The van der Waals surface area contributed by atoms with Crippen molar-refractivity contribution >= 4 is 21.9 Å². The van der Waals surface area contributed by atoms with E-state index in [0.717, 1.165) is 0 Å². The summed E-state index contributed by atoms with van der Waals surface area (Å²) in [4.78, 5) is 12.0. The molecule has 0 spiro atoms. The van der Waals surface area contributed by atoms with Gasteiger partial charge in [-0.25, -0.2) is 4.79 Å². The first-order chi connectivity index (χ1) is 7.18. The largest absolute Gasteiger partial charge is 0.476 e. The Kier molecular flexibility index (Phi) is 2.51. The normalized spacial score (nSPS) is 10.2. The summed E-state index contributed by atoms with van der Waals surface area (Å²) in [6.07, 6.45) is 0. The molecule has 1 aromatic heterocycles. The Balaban J connectivity index is 2.48. The van der Waals surface area contributed by atoms with Gasteiger partial charge in [-0.3, -0.25) is 0 Å². The quantitative estimate of drug-likeness (QED) is 0.900. The Morgan fingerprint density at radius 2 is 1.93 bits per heavy atom. The van der Waals surface area contributed by atoms with Gasteiger partial charge in [0.2, 0.25) is 5.69 Å². The van der Waals surface area contributed by atoms with E-state index < -0.39 is 5.97 Å². The molecule has 6 heteroatoms. The summed E-state index contributed by atoms with van der Waals surface area (Å²) in [5.41, 5.74) is 0.615. The zero-order chi connectivity index (χ0) is 10.8. The van der Waals surface area contributed by atoms with Gasteiger partial charge in [0.05, 0.1) is 5.69 Å². The predicted molar refractivity (Wildman–Crippen MR) is 56.0 cm³/mol. The monoisotopic (exact) mass is 267 g/mol. The first-order valence-corrected chi connectivity index (χ1v) is 4.89. The second-order valence-corrected chi connectivity index (χ2v) is 3.52. The average Bonchev–Trinajstić information content (AvgIpc) is 2.62. The molecular formula is C9H6BrN3O2. The van der Waals surface area contributed by atoms with Gasteiger partial charge >= 0.3 is 5.97 Å². The molecule has 0 atom stereocenters. The van der Waals surface area contributed by atoms with Gasteiger partial charge in [0.25, 0.3) is 0 Å². The standard InChI is InChI=1S/C9H6BrN3O2/c10-8-7(9(14)15)11-13(12-8)6-4-2-1-3-5-6/h1-5H,(H,14,15). The molecule has 15 heavy (non-hydrogen) atoms. The van der Waals surface area contributed by atoms with Crippen molar-refractivity contribution in [3.8, 4) is 5.69 Å². The fourth-order valence-corrected chi connectivity index (χ4v) is 1.50. The molecule has 0 fully saturated rings. The minimum atomic E-state index is -1.11. The lowest BCUT2D eigenvalue weighted by atomic mass is 10.3. The van der Waals surface area contributed by atoms with Gasteiger partial charge in [0.1, 0.15) is 0 Å². The first kappa shape index (κ1) is 9.85. The maximum atomic E-state index is 10.7. The van der Waals surface area contributed by atoms with E-state index >= 15 is 0 Å². The summed E-state index contributed by atoms with van der Waals surface area (Å²) in [7, 11) is 0. The number of carboxylic acid groups (broad SMARTS) is 1. The van der Waals surface area contributed by atoms with Crippen LogP contribution in [-0.4, -0.2) is 26.1 Å². The van der Waals surface area contributed by atoms with E-state index in [-0.39, 0.29) is 10.3 Å². The molecule has 0 aliphatic heterocycles. The van der Waals surface area contributed by atoms with Gasteiger partial charge in [-0.2, -0.15) is 0 Å². The Bertz CT molecular complexity index is 495. The highest BCUT2D eigenvalue weighted by molar-refractivity contribution is 9.10. The highest BCUT2D eigenvalue weighted by Gasteiger charge is 2.15. The number of carboxylic acids is 1. The highest BCUT2D eigenvalue weighted by atomic mass is 79.9. The maximum Gasteiger partial charge on any atom is 0.359 e. The van der Waals surface area contributed by atoms with Crippen LogP contribution in [-0.2, 0) is 0 Å². The smallest absolute Gasteiger partial charge is 0.359 e. The lowest BCUT2D eigenvalue weighted by Crippen LogP contribution is -2.01. The van der Waals surface area contributed by atoms with Crippen molar-refractivity contribution in [2.24, 2.45) is 0 Å². The molecule has 1 aromatic carbocycles. The second kappa shape index (κ2) is 3.82. The second-order valence-electron chi connectivity index (χ2n) is 2.77.